The van der Waals surface area contributed by atoms with Gasteiger partial charge in [0.25, 0.3) is 0 Å². The van der Waals surface area contributed by atoms with Crippen molar-refractivity contribution >= 4 is 39.5 Å². The Labute approximate surface area is 333 Å². The largest absolute Gasteiger partial charge is 0.309 e. The maximum absolute atomic E-state index is 2.56. The fourth-order valence-corrected chi connectivity index (χ4v) is 9.63. The van der Waals surface area contributed by atoms with Crippen LogP contribution in [0.2, 0.25) is 0 Å². The molecule has 1 unspecified atom stereocenters. The zero-order chi connectivity index (χ0) is 38.2. The van der Waals surface area contributed by atoms with Gasteiger partial charge in [-0.05, 0) is 115 Å². The Kier molecular flexibility index (Phi) is 9.72. The van der Waals surface area contributed by atoms with Gasteiger partial charge in [0.05, 0.1) is 11.4 Å². The Morgan fingerprint density at radius 3 is 1.88 bits per heavy atom. The van der Waals surface area contributed by atoms with E-state index in [-0.39, 0.29) is 5.41 Å². The summed E-state index contributed by atoms with van der Waals surface area (Å²) < 4.78 is 0. The standard InChI is InChI=1S/C55H53N/c1-38-32-33-42-24-16-28-46(40-20-9-6-10-21-40)54(42)52(38)49-26-12-14-31-51(49)56(44-36-34-43(35-37-44)55(2,3)4)50-30-13-11-25-47(50)48-29-17-23-41-22-15-27-45(53(41)48)39-18-7-5-8-19-39/h6,9-17,20-31,33-39H,5,7-8,18-19,32H2,1-4H3. The van der Waals surface area contributed by atoms with Crippen molar-refractivity contribution in [1.29, 1.82) is 0 Å². The lowest BCUT2D eigenvalue weighted by atomic mass is 9.80. The Bertz CT molecular complexity index is 2630. The molecular weight excluding hydrogens is 675 g/mol. The van der Waals surface area contributed by atoms with Crippen LogP contribution in [0.3, 0.4) is 0 Å². The minimum absolute atomic E-state index is 0.0546. The van der Waals surface area contributed by atoms with E-state index < -0.39 is 0 Å². The predicted octanol–water partition coefficient (Wildman–Crippen LogP) is 14.0. The van der Waals surface area contributed by atoms with E-state index in [4.69, 9.17) is 0 Å². The summed E-state index contributed by atoms with van der Waals surface area (Å²) in [7, 11) is 0. The minimum Gasteiger partial charge on any atom is -0.309 e. The molecular formula is C55H53N. The Hall–Kier alpha value is -5.66. The van der Waals surface area contributed by atoms with Crippen molar-refractivity contribution in [2.75, 3.05) is 4.90 Å². The Morgan fingerprint density at radius 2 is 1.14 bits per heavy atom. The monoisotopic (exact) mass is 727 g/mol. The first-order chi connectivity index (χ1) is 27.4. The van der Waals surface area contributed by atoms with E-state index in [9.17, 15) is 0 Å². The summed E-state index contributed by atoms with van der Waals surface area (Å²) in [5.41, 5.74) is 14.3. The number of anilines is 3. The van der Waals surface area contributed by atoms with Crippen LogP contribution in [0, 0.1) is 5.92 Å². The van der Waals surface area contributed by atoms with Crippen molar-refractivity contribution in [3.8, 4) is 22.3 Å². The van der Waals surface area contributed by atoms with Crippen molar-refractivity contribution in [1.82, 2.24) is 0 Å². The SMILES string of the molecule is CC1CC=c2cccc(-c3ccccc3)c2=C1c1ccccc1N(c1ccc(C(C)(C)C)cc1)c1ccccc1-c1cccc2cccc(C3CCCCC3)c12. The highest BCUT2D eigenvalue weighted by Crippen LogP contribution is 2.47. The highest BCUT2D eigenvalue weighted by atomic mass is 15.1. The van der Waals surface area contributed by atoms with Crippen LogP contribution in [-0.4, -0.2) is 0 Å². The average molecular weight is 728 g/mol. The molecule has 1 nitrogen and oxygen atoms in total. The van der Waals surface area contributed by atoms with Crippen molar-refractivity contribution < 1.29 is 0 Å². The molecule has 56 heavy (non-hydrogen) atoms. The van der Waals surface area contributed by atoms with E-state index in [1.54, 1.807) is 0 Å². The molecule has 1 saturated carbocycles. The second-order valence-corrected chi connectivity index (χ2v) is 17.1. The zero-order valence-corrected chi connectivity index (χ0v) is 33.4. The minimum atomic E-state index is 0.0546. The smallest absolute Gasteiger partial charge is 0.0540 e. The Balaban J connectivity index is 1.33. The van der Waals surface area contributed by atoms with Crippen LogP contribution in [0.4, 0.5) is 17.1 Å². The average Bonchev–Trinajstić information content (AvgIpc) is 3.24. The van der Waals surface area contributed by atoms with E-state index >= 15 is 0 Å². The van der Waals surface area contributed by atoms with Gasteiger partial charge in [-0.2, -0.15) is 0 Å². The number of benzene rings is 7. The fraction of sp³-hybridized carbons (Fsp3) is 0.236. The number of rotatable bonds is 7. The molecule has 0 spiro atoms. The van der Waals surface area contributed by atoms with Gasteiger partial charge in [0.2, 0.25) is 0 Å². The number of hydrogen-bond donors (Lipinski definition) is 0. The summed E-state index contributed by atoms with van der Waals surface area (Å²) in [4.78, 5) is 2.56. The summed E-state index contributed by atoms with van der Waals surface area (Å²) in [6, 6.07) is 59.4. The molecule has 0 radical (unpaired) electrons. The highest BCUT2D eigenvalue weighted by Gasteiger charge is 2.27. The van der Waals surface area contributed by atoms with Crippen LogP contribution in [0.25, 0.3) is 44.7 Å². The van der Waals surface area contributed by atoms with Gasteiger partial charge in [0.15, 0.2) is 0 Å². The lowest BCUT2D eigenvalue weighted by Gasteiger charge is -2.33. The molecule has 0 bridgehead atoms. The van der Waals surface area contributed by atoms with Crippen LogP contribution in [0.5, 0.6) is 0 Å². The van der Waals surface area contributed by atoms with Gasteiger partial charge < -0.3 is 4.90 Å². The van der Waals surface area contributed by atoms with E-state index in [0.29, 0.717) is 11.8 Å². The molecule has 7 aromatic rings. The molecule has 2 aliphatic rings. The van der Waals surface area contributed by atoms with Crippen LogP contribution in [0.1, 0.15) is 88.8 Å². The third-order valence-corrected chi connectivity index (χ3v) is 12.5. The van der Waals surface area contributed by atoms with Crippen LogP contribution in [0.15, 0.2) is 158 Å². The van der Waals surface area contributed by atoms with Gasteiger partial charge >= 0.3 is 0 Å². The summed E-state index contributed by atoms with van der Waals surface area (Å²) in [6.07, 6.45) is 9.99. The predicted molar refractivity (Wildman–Crippen MR) is 240 cm³/mol. The molecule has 0 saturated heterocycles. The second kappa shape index (κ2) is 15.1. The topological polar surface area (TPSA) is 3.24 Å². The van der Waals surface area contributed by atoms with Gasteiger partial charge in [-0.15, -0.1) is 0 Å². The van der Waals surface area contributed by atoms with Crippen LogP contribution >= 0.6 is 0 Å². The molecule has 7 aromatic carbocycles. The third kappa shape index (κ3) is 6.68. The van der Waals surface area contributed by atoms with E-state index in [1.807, 2.05) is 0 Å². The fourth-order valence-electron chi connectivity index (χ4n) is 9.63. The van der Waals surface area contributed by atoms with Gasteiger partial charge in [-0.3, -0.25) is 0 Å². The van der Waals surface area contributed by atoms with Gasteiger partial charge in [-0.25, -0.2) is 0 Å². The van der Waals surface area contributed by atoms with Gasteiger partial charge in [0, 0.05) is 16.8 Å². The van der Waals surface area contributed by atoms with Crippen LogP contribution in [-0.2, 0) is 5.41 Å². The first kappa shape index (κ1) is 36.0. The normalized spacial score (nSPS) is 16.0. The molecule has 0 aromatic heterocycles. The molecule has 278 valence electrons. The van der Waals surface area contributed by atoms with Crippen LogP contribution < -0.4 is 15.3 Å². The number of para-hydroxylation sites is 2. The second-order valence-electron chi connectivity index (χ2n) is 17.1. The van der Waals surface area contributed by atoms with E-state index in [0.717, 1.165) is 12.1 Å². The van der Waals surface area contributed by atoms with E-state index in [1.165, 1.54) is 109 Å². The molecule has 0 amide bonds. The molecule has 1 fully saturated rings. The first-order valence-corrected chi connectivity index (χ1v) is 20.9. The zero-order valence-electron chi connectivity index (χ0n) is 33.4. The maximum atomic E-state index is 2.56. The number of hydrogen-bond acceptors (Lipinski definition) is 1. The van der Waals surface area contributed by atoms with Gasteiger partial charge in [-0.1, -0.05) is 186 Å². The van der Waals surface area contributed by atoms with Crippen molar-refractivity contribution in [2.45, 2.75) is 77.6 Å². The molecule has 0 aliphatic heterocycles. The molecule has 2 aliphatic carbocycles. The summed E-state index contributed by atoms with van der Waals surface area (Å²) in [5.74, 6) is 0.937. The summed E-state index contributed by atoms with van der Waals surface area (Å²) >= 11 is 0. The summed E-state index contributed by atoms with van der Waals surface area (Å²) in [6.45, 7) is 9.31. The number of fused-ring (bicyclic) bond motifs is 2. The van der Waals surface area contributed by atoms with E-state index in [2.05, 4.69) is 196 Å². The molecule has 9 rings (SSSR count). The lowest BCUT2D eigenvalue weighted by Crippen LogP contribution is -2.34. The van der Waals surface area contributed by atoms with Gasteiger partial charge in [0.1, 0.15) is 0 Å². The van der Waals surface area contributed by atoms with Crippen molar-refractivity contribution in [2.24, 2.45) is 5.92 Å². The molecule has 0 heterocycles. The Morgan fingerprint density at radius 1 is 0.536 bits per heavy atom. The van der Waals surface area contributed by atoms with Crippen molar-refractivity contribution in [3.05, 3.63) is 185 Å². The summed E-state index contributed by atoms with van der Waals surface area (Å²) in [5, 5.41) is 5.42. The molecule has 1 heteroatoms. The third-order valence-electron chi connectivity index (χ3n) is 12.5. The van der Waals surface area contributed by atoms with Crippen molar-refractivity contribution in [3.63, 3.8) is 0 Å². The first-order valence-electron chi connectivity index (χ1n) is 20.9. The lowest BCUT2D eigenvalue weighted by molar-refractivity contribution is 0.445. The quantitative estimate of drug-likeness (QED) is 0.158. The maximum Gasteiger partial charge on any atom is 0.0540 e. The molecule has 1 atom stereocenters. The molecule has 0 N–H and O–H groups in total. The number of nitrogens with zero attached hydrogens (tertiary/aromatic N) is 1. The highest BCUT2D eigenvalue weighted by molar-refractivity contribution is 6.04.